The molecule has 0 fully saturated rings. The lowest BCUT2D eigenvalue weighted by Crippen LogP contribution is -2.15. The van der Waals surface area contributed by atoms with Crippen LogP contribution in [0, 0.1) is 0 Å². The van der Waals surface area contributed by atoms with Gasteiger partial charge in [-0.15, -0.1) is 11.3 Å². The molecule has 1 amide bonds. The van der Waals surface area contributed by atoms with Gasteiger partial charge in [-0.25, -0.2) is 4.98 Å². The van der Waals surface area contributed by atoms with Crippen molar-refractivity contribution in [1.82, 2.24) is 4.98 Å². The van der Waals surface area contributed by atoms with E-state index in [0.717, 1.165) is 11.3 Å². The van der Waals surface area contributed by atoms with Crippen molar-refractivity contribution >= 4 is 22.4 Å². The number of rotatable bonds is 4. The summed E-state index contributed by atoms with van der Waals surface area (Å²) in [7, 11) is 0. The Labute approximate surface area is 116 Å². The SMILES string of the molecule is CC(C)c1csc(NC(=O)c2ccccc2CN)n1. The summed E-state index contributed by atoms with van der Waals surface area (Å²) in [6, 6.07) is 7.33. The van der Waals surface area contributed by atoms with Crippen LogP contribution in [0.25, 0.3) is 0 Å². The molecule has 1 aromatic heterocycles. The van der Waals surface area contributed by atoms with E-state index in [-0.39, 0.29) is 5.91 Å². The monoisotopic (exact) mass is 275 g/mol. The van der Waals surface area contributed by atoms with Crippen LogP contribution < -0.4 is 11.1 Å². The summed E-state index contributed by atoms with van der Waals surface area (Å²) in [5.41, 5.74) is 8.06. The molecular weight excluding hydrogens is 258 g/mol. The average Bonchev–Trinajstić information content (AvgIpc) is 2.87. The van der Waals surface area contributed by atoms with E-state index < -0.39 is 0 Å². The van der Waals surface area contributed by atoms with Crippen molar-refractivity contribution in [3.8, 4) is 0 Å². The van der Waals surface area contributed by atoms with Gasteiger partial charge in [0.15, 0.2) is 5.13 Å². The van der Waals surface area contributed by atoms with Crippen LogP contribution in [0.5, 0.6) is 0 Å². The Morgan fingerprint density at radius 2 is 2.16 bits per heavy atom. The summed E-state index contributed by atoms with van der Waals surface area (Å²) in [6.45, 7) is 4.49. The molecule has 0 aliphatic rings. The number of nitrogens with two attached hydrogens (primary N) is 1. The van der Waals surface area contributed by atoms with Crippen molar-refractivity contribution in [2.24, 2.45) is 5.73 Å². The second-order valence-corrected chi connectivity index (χ2v) is 5.41. The zero-order valence-corrected chi connectivity index (χ0v) is 11.8. The Morgan fingerprint density at radius 1 is 1.42 bits per heavy atom. The lowest BCUT2D eigenvalue weighted by atomic mass is 10.1. The smallest absolute Gasteiger partial charge is 0.257 e. The van der Waals surface area contributed by atoms with Crippen molar-refractivity contribution in [3.05, 3.63) is 46.5 Å². The third-order valence-electron chi connectivity index (χ3n) is 2.82. The summed E-state index contributed by atoms with van der Waals surface area (Å²) >= 11 is 1.44. The fourth-order valence-corrected chi connectivity index (χ4v) is 2.56. The molecule has 0 unspecified atom stereocenters. The van der Waals surface area contributed by atoms with Gasteiger partial charge >= 0.3 is 0 Å². The summed E-state index contributed by atoms with van der Waals surface area (Å²) in [4.78, 5) is 16.6. The predicted octanol–water partition coefficient (Wildman–Crippen LogP) is 2.98. The largest absolute Gasteiger partial charge is 0.326 e. The Morgan fingerprint density at radius 3 is 2.79 bits per heavy atom. The molecule has 0 aliphatic carbocycles. The molecule has 5 heteroatoms. The molecule has 0 spiro atoms. The molecular formula is C14H17N3OS. The normalized spacial score (nSPS) is 10.7. The van der Waals surface area contributed by atoms with Gasteiger partial charge in [-0.3, -0.25) is 10.1 Å². The molecule has 0 saturated carbocycles. The molecule has 0 bridgehead atoms. The quantitative estimate of drug-likeness (QED) is 0.901. The zero-order chi connectivity index (χ0) is 13.8. The minimum absolute atomic E-state index is 0.161. The van der Waals surface area contributed by atoms with Crippen molar-refractivity contribution in [2.75, 3.05) is 5.32 Å². The molecule has 0 saturated heterocycles. The number of amides is 1. The van der Waals surface area contributed by atoms with E-state index in [0.29, 0.717) is 23.2 Å². The van der Waals surface area contributed by atoms with Gasteiger partial charge < -0.3 is 5.73 Å². The Hall–Kier alpha value is -1.72. The number of benzene rings is 1. The van der Waals surface area contributed by atoms with Gasteiger partial charge in [0.2, 0.25) is 0 Å². The third-order valence-corrected chi connectivity index (χ3v) is 3.59. The number of thiazole rings is 1. The average molecular weight is 275 g/mol. The topological polar surface area (TPSA) is 68.0 Å². The third kappa shape index (κ3) is 3.19. The van der Waals surface area contributed by atoms with Gasteiger partial charge in [0.25, 0.3) is 5.91 Å². The van der Waals surface area contributed by atoms with Crippen LogP contribution in [0.15, 0.2) is 29.6 Å². The first-order valence-corrected chi connectivity index (χ1v) is 7.04. The van der Waals surface area contributed by atoms with E-state index in [9.17, 15) is 4.79 Å². The van der Waals surface area contributed by atoms with E-state index >= 15 is 0 Å². The first kappa shape index (κ1) is 13.7. The molecule has 1 heterocycles. The van der Waals surface area contributed by atoms with Crippen LogP contribution >= 0.6 is 11.3 Å². The van der Waals surface area contributed by atoms with Crippen molar-refractivity contribution in [1.29, 1.82) is 0 Å². The van der Waals surface area contributed by atoms with E-state index in [1.165, 1.54) is 11.3 Å². The number of carbonyl (C=O) groups is 1. The molecule has 19 heavy (non-hydrogen) atoms. The fraction of sp³-hybridized carbons (Fsp3) is 0.286. The molecule has 3 N–H and O–H groups in total. The highest BCUT2D eigenvalue weighted by Gasteiger charge is 2.12. The maximum atomic E-state index is 12.2. The lowest BCUT2D eigenvalue weighted by Gasteiger charge is -2.06. The molecule has 0 radical (unpaired) electrons. The van der Waals surface area contributed by atoms with Gasteiger partial charge in [-0.1, -0.05) is 32.0 Å². The van der Waals surface area contributed by atoms with Crippen molar-refractivity contribution < 1.29 is 4.79 Å². The number of aromatic nitrogens is 1. The van der Waals surface area contributed by atoms with E-state index in [1.807, 2.05) is 23.6 Å². The number of hydrogen-bond acceptors (Lipinski definition) is 4. The summed E-state index contributed by atoms with van der Waals surface area (Å²) in [5.74, 6) is 0.198. The van der Waals surface area contributed by atoms with Crippen molar-refractivity contribution in [3.63, 3.8) is 0 Å². The predicted molar refractivity (Wildman–Crippen MR) is 78.5 cm³/mol. The van der Waals surface area contributed by atoms with E-state index in [1.54, 1.807) is 6.07 Å². The maximum absolute atomic E-state index is 12.2. The number of hydrogen-bond donors (Lipinski definition) is 2. The molecule has 0 atom stereocenters. The molecule has 100 valence electrons. The number of carbonyl (C=O) groups excluding carboxylic acids is 1. The number of nitrogens with one attached hydrogen (secondary N) is 1. The van der Waals surface area contributed by atoms with Crippen LogP contribution in [0.3, 0.4) is 0 Å². The minimum Gasteiger partial charge on any atom is -0.326 e. The Kier molecular flexibility index (Phi) is 4.29. The van der Waals surface area contributed by atoms with Crippen LogP contribution in [0.2, 0.25) is 0 Å². The summed E-state index contributed by atoms with van der Waals surface area (Å²) < 4.78 is 0. The molecule has 0 aliphatic heterocycles. The number of anilines is 1. The Balaban J connectivity index is 2.16. The lowest BCUT2D eigenvalue weighted by molar-refractivity contribution is 0.102. The van der Waals surface area contributed by atoms with Gasteiger partial charge in [-0.2, -0.15) is 0 Å². The van der Waals surface area contributed by atoms with E-state index in [4.69, 9.17) is 5.73 Å². The van der Waals surface area contributed by atoms with Crippen LogP contribution in [0.4, 0.5) is 5.13 Å². The zero-order valence-electron chi connectivity index (χ0n) is 11.0. The molecule has 4 nitrogen and oxygen atoms in total. The minimum atomic E-state index is -0.161. The van der Waals surface area contributed by atoms with E-state index in [2.05, 4.69) is 24.1 Å². The molecule has 2 aromatic rings. The fourth-order valence-electron chi connectivity index (χ4n) is 1.69. The molecule has 2 rings (SSSR count). The van der Waals surface area contributed by atoms with Gasteiger partial charge in [-0.05, 0) is 17.5 Å². The van der Waals surface area contributed by atoms with Crippen LogP contribution in [-0.4, -0.2) is 10.9 Å². The van der Waals surface area contributed by atoms with Gasteiger partial charge in [0.05, 0.1) is 5.69 Å². The van der Waals surface area contributed by atoms with Crippen LogP contribution in [-0.2, 0) is 6.54 Å². The van der Waals surface area contributed by atoms with Crippen molar-refractivity contribution in [2.45, 2.75) is 26.3 Å². The summed E-state index contributed by atoms with van der Waals surface area (Å²) in [5, 5.41) is 5.41. The van der Waals surface area contributed by atoms with Gasteiger partial charge in [0.1, 0.15) is 0 Å². The Bertz CT molecular complexity index is 578. The molecule has 1 aromatic carbocycles. The second-order valence-electron chi connectivity index (χ2n) is 4.55. The summed E-state index contributed by atoms with van der Waals surface area (Å²) in [6.07, 6.45) is 0. The van der Waals surface area contributed by atoms with Crippen LogP contribution in [0.1, 0.15) is 41.4 Å². The maximum Gasteiger partial charge on any atom is 0.257 e. The first-order chi connectivity index (χ1) is 9.11. The highest BCUT2D eigenvalue weighted by atomic mass is 32.1. The highest BCUT2D eigenvalue weighted by molar-refractivity contribution is 7.14. The first-order valence-electron chi connectivity index (χ1n) is 6.16. The van der Waals surface area contributed by atoms with Gasteiger partial charge in [0, 0.05) is 17.5 Å². The highest BCUT2D eigenvalue weighted by Crippen LogP contribution is 2.22. The second kappa shape index (κ2) is 5.95. The standard InChI is InChI=1S/C14H17N3OS/c1-9(2)12-8-19-14(16-12)17-13(18)11-6-4-3-5-10(11)7-15/h3-6,8-9H,7,15H2,1-2H3,(H,16,17,18). The number of nitrogens with zero attached hydrogens (tertiary/aromatic N) is 1.